The van der Waals surface area contributed by atoms with Gasteiger partial charge in [-0.15, -0.1) is 11.8 Å². The van der Waals surface area contributed by atoms with Crippen LogP contribution in [0.3, 0.4) is 0 Å². The summed E-state index contributed by atoms with van der Waals surface area (Å²) in [4.78, 5) is 18.9. The first kappa shape index (κ1) is 22.9. The fraction of sp³-hybridized carbons (Fsp3) is 0.321. The minimum absolute atomic E-state index is 0.103. The van der Waals surface area contributed by atoms with E-state index in [1.807, 2.05) is 23.9 Å². The van der Waals surface area contributed by atoms with Gasteiger partial charge in [0, 0.05) is 48.9 Å². The van der Waals surface area contributed by atoms with Crippen molar-refractivity contribution in [2.75, 3.05) is 37.6 Å². The summed E-state index contributed by atoms with van der Waals surface area (Å²) in [6.07, 6.45) is 1.36. The number of benzene rings is 3. The Labute approximate surface area is 205 Å². The molecule has 176 valence electrons. The molecule has 1 unspecified atom stereocenters. The van der Waals surface area contributed by atoms with E-state index >= 15 is 0 Å². The van der Waals surface area contributed by atoms with E-state index < -0.39 is 0 Å². The van der Waals surface area contributed by atoms with E-state index in [4.69, 9.17) is 0 Å². The summed E-state index contributed by atoms with van der Waals surface area (Å²) in [6, 6.07) is 23.5. The molecule has 0 aliphatic carbocycles. The van der Waals surface area contributed by atoms with Gasteiger partial charge in [0.1, 0.15) is 5.82 Å². The number of piperazine rings is 1. The van der Waals surface area contributed by atoms with Crippen molar-refractivity contribution in [3.63, 3.8) is 0 Å². The van der Waals surface area contributed by atoms with Crippen LogP contribution in [0.2, 0.25) is 0 Å². The van der Waals surface area contributed by atoms with Crippen molar-refractivity contribution in [1.29, 1.82) is 0 Å². The number of rotatable bonds is 6. The van der Waals surface area contributed by atoms with Gasteiger partial charge in [-0.3, -0.25) is 9.69 Å². The molecule has 34 heavy (non-hydrogen) atoms. The Hall–Kier alpha value is -2.83. The maximum absolute atomic E-state index is 13.2. The van der Waals surface area contributed by atoms with Gasteiger partial charge in [-0.1, -0.05) is 42.5 Å². The lowest BCUT2D eigenvalue weighted by Gasteiger charge is -2.36. The molecule has 1 atom stereocenters. The number of amides is 1. The molecule has 1 saturated heterocycles. The van der Waals surface area contributed by atoms with Crippen molar-refractivity contribution in [2.45, 2.75) is 29.5 Å². The third kappa shape index (κ3) is 5.29. The number of carbonyl (C=O) groups is 1. The van der Waals surface area contributed by atoms with Crippen molar-refractivity contribution >= 4 is 23.4 Å². The van der Waals surface area contributed by atoms with Crippen molar-refractivity contribution in [1.82, 2.24) is 10.2 Å². The normalized spacial score (nSPS) is 18.0. The predicted molar refractivity (Wildman–Crippen MR) is 137 cm³/mol. The molecule has 5 rings (SSSR count). The average molecular weight is 476 g/mol. The summed E-state index contributed by atoms with van der Waals surface area (Å²) in [7, 11) is 0. The van der Waals surface area contributed by atoms with Crippen molar-refractivity contribution in [2.24, 2.45) is 0 Å². The minimum Gasteiger partial charge on any atom is -0.369 e. The molecule has 6 heteroatoms. The lowest BCUT2D eigenvalue weighted by Crippen LogP contribution is -2.46. The minimum atomic E-state index is -0.199. The summed E-state index contributed by atoms with van der Waals surface area (Å²) in [5.41, 5.74) is 4.74. The number of thioether (sulfide) groups is 1. The number of hydrogen-bond acceptors (Lipinski definition) is 4. The van der Waals surface area contributed by atoms with Gasteiger partial charge in [0.05, 0.1) is 6.04 Å². The highest BCUT2D eigenvalue weighted by molar-refractivity contribution is 7.98. The number of nitrogens with zero attached hydrogens (tertiary/aromatic N) is 2. The molecular formula is C28H30FN3OS. The van der Waals surface area contributed by atoms with Gasteiger partial charge in [0.2, 0.25) is 5.91 Å². The molecule has 1 amide bonds. The number of halogens is 1. The summed E-state index contributed by atoms with van der Waals surface area (Å²) in [5, 5.41) is 3.33. The van der Waals surface area contributed by atoms with E-state index in [0.29, 0.717) is 6.42 Å². The molecule has 4 nitrogen and oxygen atoms in total. The van der Waals surface area contributed by atoms with Gasteiger partial charge in [0.25, 0.3) is 0 Å². The van der Waals surface area contributed by atoms with Gasteiger partial charge in [-0.05, 0) is 60.0 Å². The molecule has 2 aliphatic rings. The zero-order chi connectivity index (χ0) is 23.3. The van der Waals surface area contributed by atoms with E-state index in [2.05, 4.69) is 63.6 Å². The maximum Gasteiger partial charge on any atom is 0.220 e. The zero-order valence-corrected chi connectivity index (χ0v) is 20.1. The smallest absolute Gasteiger partial charge is 0.220 e. The monoisotopic (exact) mass is 475 g/mol. The van der Waals surface area contributed by atoms with Crippen LogP contribution >= 0.6 is 11.8 Å². The Kier molecular flexibility index (Phi) is 7.16. The second kappa shape index (κ2) is 10.6. The van der Waals surface area contributed by atoms with Gasteiger partial charge < -0.3 is 10.2 Å². The third-order valence-corrected chi connectivity index (χ3v) is 7.86. The van der Waals surface area contributed by atoms with Crippen LogP contribution in [-0.4, -0.2) is 43.5 Å². The number of hydrogen-bond donors (Lipinski definition) is 1. The van der Waals surface area contributed by atoms with E-state index in [1.165, 1.54) is 33.7 Å². The molecule has 0 bridgehead atoms. The van der Waals surface area contributed by atoms with E-state index in [1.54, 1.807) is 0 Å². The highest BCUT2D eigenvalue weighted by Gasteiger charge is 2.25. The standard InChI is InChI=1S/C28H30FN3OS/c29-22-11-13-23(14-12-22)32-18-16-31(17-19-32)15-5-10-27(33)30-28-24-7-2-1-6-21(24)20-34-26-9-4-3-8-25(26)28/h1-4,6-9,11-14,28H,5,10,15-20H2,(H,30,33). The Morgan fingerprint density at radius 3 is 2.41 bits per heavy atom. The first-order valence-corrected chi connectivity index (χ1v) is 13.0. The van der Waals surface area contributed by atoms with Crippen LogP contribution in [0, 0.1) is 5.82 Å². The Morgan fingerprint density at radius 2 is 1.62 bits per heavy atom. The van der Waals surface area contributed by atoms with Crippen molar-refractivity contribution in [3.05, 3.63) is 95.3 Å². The summed E-state index contributed by atoms with van der Waals surface area (Å²) < 4.78 is 13.2. The lowest BCUT2D eigenvalue weighted by molar-refractivity contribution is -0.121. The average Bonchev–Trinajstić information content (AvgIpc) is 3.02. The molecule has 3 aromatic carbocycles. The van der Waals surface area contributed by atoms with Crippen molar-refractivity contribution in [3.8, 4) is 0 Å². The quantitative estimate of drug-likeness (QED) is 0.529. The lowest BCUT2D eigenvalue weighted by atomic mass is 9.95. The number of nitrogens with one attached hydrogen (secondary N) is 1. The SMILES string of the molecule is O=C(CCCN1CCN(c2ccc(F)cc2)CC1)NC1c2ccccc2CSc2ccccc21. The van der Waals surface area contributed by atoms with Gasteiger partial charge in [-0.25, -0.2) is 4.39 Å². The highest BCUT2D eigenvalue weighted by atomic mass is 32.2. The van der Waals surface area contributed by atoms with Crippen LogP contribution in [0.4, 0.5) is 10.1 Å². The Balaban J connectivity index is 1.14. The van der Waals surface area contributed by atoms with Crippen LogP contribution in [0.25, 0.3) is 0 Å². The molecule has 1 fully saturated rings. The van der Waals surface area contributed by atoms with E-state index in [0.717, 1.165) is 50.6 Å². The largest absolute Gasteiger partial charge is 0.369 e. The summed E-state index contributed by atoms with van der Waals surface area (Å²) in [6.45, 7) is 4.67. The second-order valence-corrected chi connectivity index (χ2v) is 9.95. The number of fused-ring (bicyclic) bond motifs is 2. The van der Waals surface area contributed by atoms with Gasteiger partial charge in [-0.2, -0.15) is 0 Å². The molecule has 2 aliphatic heterocycles. The fourth-order valence-corrected chi connectivity index (χ4v) is 5.96. The first-order valence-electron chi connectivity index (χ1n) is 12.0. The molecule has 0 radical (unpaired) electrons. The summed E-state index contributed by atoms with van der Waals surface area (Å²) in [5.74, 6) is 0.824. The molecule has 0 spiro atoms. The maximum atomic E-state index is 13.2. The molecular weight excluding hydrogens is 445 g/mol. The zero-order valence-electron chi connectivity index (χ0n) is 19.3. The molecule has 2 heterocycles. The van der Waals surface area contributed by atoms with Gasteiger partial charge >= 0.3 is 0 Å². The third-order valence-electron chi connectivity index (χ3n) is 6.73. The molecule has 0 saturated carbocycles. The Morgan fingerprint density at radius 1 is 0.912 bits per heavy atom. The van der Waals surface area contributed by atoms with Crippen LogP contribution in [0.5, 0.6) is 0 Å². The topological polar surface area (TPSA) is 35.6 Å². The van der Waals surface area contributed by atoms with E-state index in [9.17, 15) is 9.18 Å². The fourth-order valence-electron chi connectivity index (χ4n) is 4.85. The summed E-state index contributed by atoms with van der Waals surface area (Å²) >= 11 is 1.84. The van der Waals surface area contributed by atoms with E-state index in [-0.39, 0.29) is 17.8 Å². The first-order chi connectivity index (χ1) is 16.7. The van der Waals surface area contributed by atoms with Crippen LogP contribution in [0.1, 0.15) is 35.6 Å². The molecule has 0 aromatic heterocycles. The number of anilines is 1. The Bertz CT molecular complexity index is 1080. The molecule has 3 aromatic rings. The van der Waals surface area contributed by atoms with Crippen molar-refractivity contribution < 1.29 is 9.18 Å². The predicted octanol–water partition coefficient (Wildman–Crippen LogP) is 5.24. The highest BCUT2D eigenvalue weighted by Crippen LogP contribution is 2.39. The van der Waals surface area contributed by atoms with Crippen LogP contribution in [0.15, 0.2) is 77.7 Å². The van der Waals surface area contributed by atoms with Crippen LogP contribution in [-0.2, 0) is 10.5 Å². The van der Waals surface area contributed by atoms with Gasteiger partial charge in [0.15, 0.2) is 0 Å². The van der Waals surface area contributed by atoms with Crippen LogP contribution < -0.4 is 10.2 Å². The second-order valence-electron chi connectivity index (χ2n) is 8.93. The number of carbonyl (C=O) groups excluding carboxylic acids is 1. The molecule has 1 N–H and O–H groups in total.